The zero-order valence-corrected chi connectivity index (χ0v) is 15.0. The molecule has 3 fully saturated rings. The fraction of sp³-hybridized carbons (Fsp3) is 0.944. The number of hydrogen-bond donors (Lipinski definition) is 1. The Morgan fingerprint density at radius 2 is 1.39 bits per heavy atom. The van der Waals surface area contributed by atoms with Crippen molar-refractivity contribution in [1.82, 2.24) is 14.7 Å². The zero-order chi connectivity index (χ0) is 16.6. The molecule has 0 radical (unpaired) electrons. The first-order valence-electron chi connectivity index (χ1n) is 9.59. The summed E-state index contributed by atoms with van der Waals surface area (Å²) in [6, 6.07) is 1.57. The van der Waals surface area contributed by atoms with Gasteiger partial charge in [-0.1, -0.05) is 40.0 Å². The van der Waals surface area contributed by atoms with E-state index in [-0.39, 0.29) is 0 Å². The maximum absolute atomic E-state index is 12.4. The molecule has 23 heavy (non-hydrogen) atoms. The summed E-state index contributed by atoms with van der Waals surface area (Å²) in [5.74, 6) is -0.628. The fourth-order valence-corrected chi connectivity index (χ4v) is 4.39. The van der Waals surface area contributed by atoms with Gasteiger partial charge in [-0.25, -0.2) is 4.79 Å². The van der Waals surface area contributed by atoms with E-state index in [4.69, 9.17) is 0 Å². The van der Waals surface area contributed by atoms with Crippen molar-refractivity contribution in [2.45, 2.75) is 83.1 Å². The second-order valence-corrected chi connectivity index (χ2v) is 7.68. The molecule has 3 aliphatic rings. The van der Waals surface area contributed by atoms with E-state index < -0.39 is 11.6 Å². The van der Waals surface area contributed by atoms with E-state index in [0.29, 0.717) is 24.7 Å². The molecular formula is C18H33N3O2. The highest BCUT2D eigenvalue weighted by Gasteiger charge is 2.65. The topological polar surface area (TPSA) is 46.3 Å². The molecule has 5 nitrogen and oxygen atoms in total. The molecule has 0 spiro atoms. The lowest BCUT2D eigenvalue weighted by Crippen LogP contribution is -2.59. The molecule has 3 saturated heterocycles. The molecule has 6 atom stereocenters. The third kappa shape index (κ3) is 3.28. The Morgan fingerprint density at radius 3 is 1.83 bits per heavy atom. The monoisotopic (exact) mass is 323 g/mol. The number of carboxylic acids is 1. The fourth-order valence-electron chi connectivity index (χ4n) is 4.39. The van der Waals surface area contributed by atoms with Crippen LogP contribution in [0.4, 0.5) is 0 Å². The van der Waals surface area contributed by atoms with Crippen molar-refractivity contribution in [2.24, 2.45) is 0 Å². The SMILES string of the molecule is CCCC1CN1CC(C(=O)O)(N1CC1CCC)N1CC1CCC. The van der Waals surface area contributed by atoms with Crippen molar-refractivity contribution in [2.75, 3.05) is 26.2 Å². The molecule has 3 aliphatic heterocycles. The van der Waals surface area contributed by atoms with Crippen molar-refractivity contribution in [3.63, 3.8) is 0 Å². The molecule has 6 unspecified atom stereocenters. The van der Waals surface area contributed by atoms with Gasteiger partial charge < -0.3 is 5.11 Å². The Balaban J connectivity index is 1.73. The second kappa shape index (κ2) is 6.69. The van der Waals surface area contributed by atoms with Gasteiger partial charge in [0.15, 0.2) is 5.66 Å². The van der Waals surface area contributed by atoms with Crippen LogP contribution >= 0.6 is 0 Å². The molecule has 0 aromatic carbocycles. The Kier molecular flexibility index (Phi) is 5.00. The van der Waals surface area contributed by atoms with Gasteiger partial charge in [-0.3, -0.25) is 14.7 Å². The van der Waals surface area contributed by atoms with E-state index in [1.165, 1.54) is 12.8 Å². The molecule has 132 valence electrons. The van der Waals surface area contributed by atoms with Crippen molar-refractivity contribution in [3.05, 3.63) is 0 Å². The van der Waals surface area contributed by atoms with Gasteiger partial charge in [0, 0.05) is 44.3 Å². The van der Waals surface area contributed by atoms with Gasteiger partial charge >= 0.3 is 5.97 Å². The summed E-state index contributed by atoms with van der Waals surface area (Å²) in [7, 11) is 0. The van der Waals surface area contributed by atoms with E-state index in [1.807, 2.05) is 0 Å². The Bertz CT molecular complexity index is 422. The molecule has 3 rings (SSSR count). The van der Waals surface area contributed by atoms with Gasteiger partial charge in [-0.2, -0.15) is 0 Å². The predicted octanol–water partition coefficient (Wildman–Crippen LogP) is 2.22. The zero-order valence-electron chi connectivity index (χ0n) is 15.0. The largest absolute Gasteiger partial charge is 0.479 e. The first-order chi connectivity index (χ1) is 11.1. The summed E-state index contributed by atoms with van der Waals surface area (Å²) in [6.45, 7) is 10.3. The highest BCUT2D eigenvalue weighted by Crippen LogP contribution is 2.44. The summed E-state index contributed by atoms with van der Waals surface area (Å²) in [5.41, 5.74) is -0.762. The van der Waals surface area contributed by atoms with Gasteiger partial charge in [-0.15, -0.1) is 0 Å². The maximum atomic E-state index is 12.4. The van der Waals surface area contributed by atoms with Crippen molar-refractivity contribution in [1.29, 1.82) is 0 Å². The highest BCUT2D eigenvalue weighted by atomic mass is 16.4. The molecule has 1 N–H and O–H groups in total. The van der Waals surface area contributed by atoms with Gasteiger partial charge in [-0.05, 0) is 19.3 Å². The van der Waals surface area contributed by atoms with Crippen LogP contribution in [0.5, 0.6) is 0 Å². The molecule has 5 heteroatoms. The first-order valence-corrected chi connectivity index (χ1v) is 9.59. The van der Waals surface area contributed by atoms with Gasteiger partial charge in [0.25, 0.3) is 0 Å². The molecule has 0 aromatic rings. The Morgan fingerprint density at radius 1 is 0.913 bits per heavy atom. The van der Waals surface area contributed by atoms with Gasteiger partial charge in [0.2, 0.25) is 0 Å². The molecule has 3 heterocycles. The highest BCUT2D eigenvalue weighted by molar-refractivity contribution is 5.80. The van der Waals surface area contributed by atoms with Crippen LogP contribution in [-0.2, 0) is 4.79 Å². The van der Waals surface area contributed by atoms with E-state index >= 15 is 0 Å². The van der Waals surface area contributed by atoms with Crippen molar-refractivity contribution < 1.29 is 9.90 Å². The van der Waals surface area contributed by atoms with Crippen LogP contribution in [0.3, 0.4) is 0 Å². The van der Waals surface area contributed by atoms with Crippen LogP contribution in [0.2, 0.25) is 0 Å². The summed E-state index contributed by atoms with van der Waals surface area (Å²) in [4.78, 5) is 19.3. The standard InChI is InChI=1S/C18H33N3O2/c1-4-7-14-10-19(14)13-18(17(22)23,20-11-15(20)8-5-2)21-12-16(21)9-6-3/h14-16H,4-13H2,1-3H3,(H,22,23). The molecule has 0 bridgehead atoms. The van der Waals surface area contributed by atoms with E-state index in [1.54, 1.807) is 0 Å². The van der Waals surface area contributed by atoms with Gasteiger partial charge in [0.1, 0.15) is 0 Å². The number of nitrogens with zero attached hydrogens (tertiary/aromatic N) is 3. The average molecular weight is 323 g/mol. The molecule has 0 amide bonds. The maximum Gasteiger partial charge on any atom is 0.340 e. The smallest absolute Gasteiger partial charge is 0.340 e. The first kappa shape index (κ1) is 17.2. The van der Waals surface area contributed by atoms with E-state index in [9.17, 15) is 9.90 Å². The van der Waals surface area contributed by atoms with Gasteiger partial charge in [0.05, 0.1) is 0 Å². The van der Waals surface area contributed by atoms with E-state index in [2.05, 4.69) is 35.5 Å². The summed E-state index contributed by atoms with van der Waals surface area (Å²) >= 11 is 0. The molecule has 0 aromatic heterocycles. The Hall–Kier alpha value is -0.650. The summed E-state index contributed by atoms with van der Waals surface area (Å²) < 4.78 is 0. The number of rotatable bonds is 11. The lowest BCUT2D eigenvalue weighted by Gasteiger charge is -2.35. The number of carbonyl (C=O) groups is 1. The molecule has 0 saturated carbocycles. The van der Waals surface area contributed by atoms with Crippen LogP contribution < -0.4 is 0 Å². The van der Waals surface area contributed by atoms with Crippen molar-refractivity contribution >= 4 is 5.97 Å². The number of carboxylic acid groups (broad SMARTS) is 1. The van der Waals surface area contributed by atoms with Crippen LogP contribution in [0.25, 0.3) is 0 Å². The van der Waals surface area contributed by atoms with Crippen LogP contribution in [0.1, 0.15) is 59.3 Å². The minimum atomic E-state index is -0.762. The van der Waals surface area contributed by atoms with Crippen LogP contribution in [0.15, 0.2) is 0 Å². The third-order valence-corrected chi connectivity index (χ3v) is 5.84. The van der Waals surface area contributed by atoms with Crippen LogP contribution in [-0.4, -0.2) is 75.7 Å². The summed E-state index contributed by atoms with van der Waals surface area (Å²) in [6.07, 6.45) is 6.91. The normalized spacial score (nSPS) is 40.5. The lowest BCUT2D eigenvalue weighted by atomic mass is 10.1. The predicted molar refractivity (Wildman–Crippen MR) is 91.4 cm³/mol. The Labute approximate surface area is 140 Å². The summed E-state index contributed by atoms with van der Waals surface area (Å²) in [5, 5.41) is 10.2. The minimum Gasteiger partial charge on any atom is -0.479 e. The molecular weight excluding hydrogens is 290 g/mol. The average Bonchev–Trinajstić information content (AvgIpc) is 3.34. The third-order valence-electron chi connectivity index (χ3n) is 5.84. The van der Waals surface area contributed by atoms with Crippen LogP contribution in [0, 0.1) is 0 Å². The minimum absolute atomic E-state index is 0.476. The van der Waals surface area contributed by atoms with E-state index in [0.717, 1.165) is 45.3 Å². The number of hydrogen-bond acceptors (Lipinski definition) is 4. The lowest BCUT2D eigenvalue weighted by molar-refractivity contribution is -0.156. The second-order valence-electron chi connectivity index (χ2n) is 7.68. The molecule has 0 aliphatic carbocycles. The van der Waals surface area contributed by atoms with Crippen molar-refractivity contribution in [3.8, 4) is 0 Å². The number of aliphatic carboxylic acids is 1. The quantitative estimate of drug-likeness (QED) is 0.591.